The highest BCUT2D eigenvalue weighted by Crippen LogP contribution is 2.20. The van der Waals surface area contributed by atoms with Crippen molar-refractivity contribution >= 4 is 29.1 Å². The minimum atomic E-state index is -0.520. The molecule has 1 aromatic carbocycles. The third-order valence-electron chi connectivity index (χ3n) is 4.09. The fraction of sp³-hybridized carbons (Fsp3) is 0.500. The number of rotatable bonds is 3. The summed E-state index contributed by atoms with van der Waals surface area (Å²) in [6.07, 6.45) is 0.808. The zero-order chi connectivity index (χ0) is 17.0. The molecule has 0 aromatic heterocycles. The van der Waals surface area contributed by atoms with Gasteiger partial charge in [-0.05, 0) is 31.5 Å². The fourth-order valence-electron chi connectivity index (χ4n) is 2.64. The highest BCUT2D eigenvalue weighted by Gasteiger charge is 2.25. The van der Waals surface area contributed by atoms with Gasteiger partial charge in [0, 0.05) is 38.1 Å². The molecular formula is C16H21ClFN3O2. The second-order valence-corrected chi connectivity index (χ2v) is 6.12. The van der Waals surface area contributed by atoms with Crippen LogP contribution in [0.25, 0.3) is 0 Å². The largest absolute Gasteiger partial charge is 0.342 e. The SMILES string of the molecule is CC(=O)N1CCCN(C(C)C(=O)Nc2cc(Cl)ccc2F)CC1. The Morgan fingerprint density at radius 1 is 1.26 bits per heavy atom. The van der Waals surface area contributed by atoms with Crippen LogP contribution in [-0.4, -0.2) is 53.8 Å². The number of halogens is 2. The first-order chi connectivity index (χ1) is 10.9. The molecule has 23 heavy (non-hydrogen) atoms. The van der Waals surface area contributed by atoms with Gasteiger partial charge in [-0.25, -0.2) is 4.39 Å². The Bertz CT molecular complexity index is 597. The van der Waals surface area contributed by atoms with E-state index in [1.165, 1.54) is 18.2 Å². The fourth-order valence-corrected chi connectivity index (χ4v) is 2.81. The summed E-state index contributed by atoms with van der Waals surface area (Å²) in [5, 5.41) is 2.94. The first-order valence-electron chi connectivity index (χ1n) is 7.64. The lowest BCUT2D eigenvalue weighted by Gasteiger charge is -2.26. The van der Waals surface area contributed by atoms with Gasteiger partial charge in [0.2, 0.25) is 11.8 Å². The normalized spacial score (nSPS) is 17.5. The van der Waals surface area contributed by atoms with Crippen molar-refractivity contribution in [2.24, 2.45) is 0 Å². The maximum atomic E-state index is 13.7. The zero-order valence-corrected chi connectivity index (χ0v) is 14.1. The molecule has 7 heteroatoms. The lowest BCUT2D eigenvalue weighted by Crippen LogP contribution is -2.44. The summed E-state index contributed by atoms with van der Waals surface area (Å²) >= 11 is 5.83. The van der Waals surface area contributed by atoms with E-state index in [0.717, 1.165) is 13.0 Å². The number of benzene rings is 1. The van der Waals surface area contributed by atoms with Gasteiger partial charge < -0.3 is 10.2 Å². The third-order valence-corrected chi connectivity index (χ3v) is 4.32. The number of nitrogens with zero attached hydrogens (tertiary/aromatic N) is 2. The quantitative estimate of drug-likeness (QED) is 0.918. The summed E-state index contributed by atoms with van der Waals surface area (Å²) < 4.78 is 13.7. The van der Waals surface area contributed by atoms with Crippen LogP contribution >= 0.6 is 11.6 Å². The van der Waals surface area contributed by atoms with Crippen LogP contribution in [0.15, 0.2) is 18.2 Å². The Balaban J connectivity index is 1.99. The van der Waals surface area contributed by atoms with Crippen LogP contribution in [0.1, 0.15) is 20.3 Å². The van der Waals surface area contributed by atoms with Crippen LogP contribution in [0, 0.1) is 5.82 Å². The molecule has 0 bridgehead atoms. The Hall–Kier alpha value is -1.66. The van der Waals surface area contributed by atoms with Crippen LogP contribution in [0.5, 0.6) is 0 Å². The van der Waals surface area contributed by atoms with Gasteiger partial charge in [-0.3, -0.25) is 14.5 Å². The van der Waals surface area contributed by atoms with Gasteiger partial charge in [-0.15, -0.1) is 0 Å². The molecule has 2 rings (SSSR count). The van der Waals surface area contributed by atoms with Crippen molar-refractivity contribution in [1.82, 2.24) is 9.80 Å². The van der Waals surface area contributed by atoms with E-state index in [1.807, 2.05) is 4.90 Å². The second-order valence-electron chi connectivity index (χ2n) is 5.68. The molecule has 1 unspecified atom stereocenters. The molecule has 1 N–H and O–H groups in total. The number of nitrogens with one attached hydrogen (secondary N) is 1. The number of anilines is 1. The summed E-state index contributed by atoms with van der Waals surface area (Å²) in [5.41, 5.74) is 0.0783. The van der Waals surface area contributed by atoms with Crippen molar-refractivity contribution < 1.29 is 14.0 Å². The smallest absolute Gasteiger partial charge is 0.241 e. The van der Waals surface area contributed by atoms with E-state index in [9.17, 15) is 14.0 Å². The maximum Gasteiger partial charge on any atom is 0.241 e. The number of hydrogen-bond donors (Lipinski definition) is 1. The number of hydrogen-bond acceptors (Lipinski definition) is 3. The van der Waals surface area contributed by atoms with Gasteiger partial charge in [0.1, 0.15) is 5.82 Å². The predicted octanol–water partition coefficient (Wildman–Crippen LogP) is 2.36. The molecule has 5 nitrogen and oxygen atoms in total. The average Bonchev–Trinajstić information content (AvgIpc) is 2.76. The minimum Gasteiger partial charge on any atom is -0.342 e. The van der Waals surface area contributed by atoms with Crippen LogP contribution in [0.3, 0.4) is 0 Å². The van der Waals surface area contributed by atoms with Crippen LogP contribution in [0.4, 0.5) is 10.1 Å². The molecule has 1 fully saturated rings. The van der Waals surface area contributed by atoms with Crippen LogP contribution < -0.4 is 5.32 Å². The Labute approximate surface area is 140 Å². The van der Waals surface area contributed by atoms with E-state index in [1.54, 1.807) is 18.7 Å². The second kappa shape index (κ2) is 7.75. The van der Waals surface area contributed by atoms with E-state index in [0.29, 0.717) is 24.7 Å². The summed E-state index contributed by atoms with van der Waals surface area (Å²) in [5.74, 6) is -0.763. The van der Waals surface area contributed by atoms with E-state index in [4.69, 9.17) is 11.6 Å². The molecule has 1 saturated heterocycles. The first-order valence-corrected chi connectivity index (χ1v) is 8.01. The molecule has 0 saturated carbocycles. The predicted molar refractivity (Wildman–Crippen MR) is 87.9 cm³/mol. The standard InChI is InChI=1S/C16H21ClFN3O2/c1-11(20-6-3-7-21(9-8-20)12(2)22)16(23)19-15-10-13(17)4-5-14(15)18/h4-5,10-11H,3,6-9H2,1-2H3,(H,19,23). The van der Waals surface area contributed by atoms with E-state index >= 15 is 0 Å². The van der Waals surface area contributed by atoms with Crippen molar-refractivity contribution in [3.63, 3.8) is 0 Å². The van der Waals surface area contributed by atoms with Crippen molar-refractivity contribution in [2.45, 2.75) is 26.3 Å². The molecule has 0 aliphatic carbocycles. The lowest BCUT2D eigenvalue weighted by molar-refractivity contribution is -0.128. The third kappa shape index (κ3) is 4.65. The van der Waals surface area contributed by atoms with Crippen molar-refractivity contribution in [1.29, 1.82) is 0 Å². The Kier molecular flexibility index (Phi) is 5.96. The molecule has 126 valence electrons. The molecule has 1 aliphatic rings. The molecule has 1 aliphatic heterocycles. The first kappa shape index (κ1) is 17.7. The van der Waals surface area contributed by atoms with Gasteiger partial charge in [0.15, 0.2) is 0 Å². The topological polar surface area (TPSA) is 52.7 Å². The zero-order valence-electron chi connectivity index (χ0n) is 13.3. The molecule has 1 atom stereocenters. The van der Waals surface area contributed by atoms with Crippen LogP contribution in [0.2, 0.25) is 5.02 Å². The minimum absolute atomic E-state index is 0.0463. The number of carbonyl (C=O) groups is 2. The van der Waals surface area contributed by atoms with E-state index < -0.39 is 11.9 Å². The van der Waals surface area contributed by atoms with Crippen molar-refractivity contribution in [3.05, 3.63) is 29.0 Å². The van der Waals surface area contributed by atoms with Crippen molar-refractivity contribution in [2.75, 3.05) is 31.5 Å². The highest BCUT2D eigenvalue weighted by molar-refractivity contribution is 6.30. The van der Waals surface area contributed by atoms with Crippen molar-refractivity contribution in [3.8, 4) is 0 Å². The summed E-state index contributed by atoms with van der Waals surface area (Å²) in [7, 11) is 0. The summed E-state index contributed by atoms with van der Waals surface area (Å²) in [4.78, 5) is 27.6. The molecule has 1 heterocycles. The average molecular weight is 342 g/mol. The molecule has 1 aromatic rings. The van der Waals surface area contributed by atoms with Gasteiger partial charge >= 0.3 is 0 Å². The monoisotopic (exact) mass is 341 g/mol. The number of carbonyl (C=O) groups excluding carboxylic acids is 2. The summed E-state index contributed by atoms with van der Waals surface area (Å²) in [6.45, 7) is 5.96. The molecule has 0 spiro atoms. The van der Waals surface area contributed by atoms with Gasteiger partial charge in [0.05, 0.1) is 11.7 Å². The summed E-state index contributed by atoms with van der Waals surface area (Å²) in [6, 6.07) is 3.63. The Morgan fingerprint density at radius 3 is 2.70 bits per heavy atom. The van der Waals surface area contributed by atoms with Gasteiger partial charge in [-0.1, -0.05) is 11.6 Å². The number of amides is 2. The van der Waals surface area contributed by atoms with Gasteiger partial charge in [0.25, 0.3) is 0 Å². The van der Waals surface area contributed by atoms with E-state index in [2.05, 4.69) is 5.32 Å². The molecule has 0 radical (unpaired) electrons. The van der Waals surface area contributed by atoms with E-state index in [-0.39, 0.29) is 17.5 Å². The highest BCUT2D eigenvalue weighted by atomic mass is 35.5. The maximum absolute atomic E-state index is 13.7. The van der Waals surface area contributed by atoms with Crippen LogP contribution in [-0.2, 0) is 9.59 Å². The lowest BCUT2D eigenvalue weighted by atomic mass is 10.2. The molecular weight excluding hydrogens is 321 g/mol. The van der Waals surface area contributed by atoms with Gasteiger partial charge in [-0.2, -0.15) is 0 Å². The Morgan fingerprint density at radius 2 is 2.00 bits per heavy atom. The molecule has 2 amide bonds.